The minimum Gasteiger partial charge on any atom is -0.340 e. The van der Waals surface area contributed by atoms with Crippen LogP contribution in [0.4, 0.5) is 18.9 Å². The molecule has 1 aliphatic heterocycles. The molecule has 1 fully saturated rings. The molecular formula is C14H15F3N2O2. The van der Waals surface area contributed by atoms with E-state index in [4.69, 9.17) is 0 Å². The van der Waals surface area contributed by atoms with Gasteiger partial charge in [-0.1, -0.05) is 13.8 Å². The molecule has 1 aliphatic rings. The van der Waals surface area contributed by atoms with Gasteiger partial charge in [-0.2, -0.15) is 0 Å². The molecule has 0 spiro atoms. The summed E-state index contributed by atoms with van der Waals surface area (Å²) >= 11 is 0. The molecule has 0 saturated carbocycles. The molecule has 0 aromatic heterocycles. The number of hydrogen-bond donors (Lipinski definition) is 1. The standard InChI is InChI=1S/C14H15F3N2O2/c1-3-14(4-2)13(21)19(7-11(20)18-14)8-5-9(15)12(17)10(16)6-8/h5-6H,3-4,7H2,1-2H3,(H,18,20). The second-order valence-electron chi connectivity index (χ2n) is 4.95. The Bertz CT molecular complexity index is 577. The predicted molar refractivity (Wildman–Crippen MR) is 70.1 cm³/mol. The maximum absolute atomic E-state index is 13.3. The Morgan fingerprint density at radius 2 is 1.67 bits per heavy atom. The Labute approximate surface area is 119 Å². The lowest BCUT2D eigenvalue weighted by atomic mass is 9.88. The Hall–Kier alpha value is -2.05. The third-order valence-corrected chi connectivity index (χ3v) is 3.82. The van der Waals surface area contributed by atoms with Crippen LogP contribution in [0.2, 0.25) is 0 Å². The van der Waals surface area contributed by atoms with E-state index in [2.05, 4.69) is 5.32 Å². The van der Waals surface area contributed by atoms with Gasteiger partial charge in [-0.25, -0.2) is 13.2 Å². The van der Waals surface area contributed by atoms with Crippen molar-refractivity contribution < 1.29 is 22.8 Å². The Morgan fingerprint density at radius 3 is 2.14 bits per heavy atom. The van der Waals surface area contributed by atoms with Crippen molar-refractivity contribution in [2.45, 2.75) is 32.2 Å². The number of piperazine rings is 1. The van der Waals surface area contributed by atoms with Crippen LogP contribution in [0.3, 0.4) is 0 Å². The van der Waals surface area contributed by atoms with Gasteiger partial charge in [-0.3, -0.25) is 9.59 Å². The molecule has 0 aliphatic carbocycles. The number of hydrogen-bond acceptors (Lipinski definition) is 2. The van der Waals surface area contributed by atoms with Crippen molar-refractivity contribution >= 4 is 17.5 Å². The average molecular weight is 300 g/mol. The number of nitrogens with one attached hydrogen (secondary N) is 1. The fourth-order valence-electron chi connectivity index (χ4n) is 2.47. The molecule has 0 atom stereocenters. The van der Waals surface area contributed by atoms with Crippen molar-refractivity contribution in [1.29, 1.82) is 0 Å². The van der Waals surface area contributed by atoms with Crippen molar-refractivity contribution in [3.8, 4) is 0 Å². The van der Waals surface area contributed by atoms with Gasteiger partial charge in [0.05, 0.1) is 5.69 Å². The van der Waals surface area contributed by atoms with E-state index in [-0.39, 0.29) is 12.2 Å². The first-order valence-corrected chi connectivity index (χ1v) is 6.62. The van der Waals surface area contributed by atoms with Gasteiger partial charge in [0.25, 0.3) is 5.91 Å². The molecule has 114 valence electrons. The van der Waals surface area contributed by atoms with E-state index >= 15 is 0 Å². The molecule has 1 aromatic carbocycles. The van der Waals surface area contributed by atoms with Crippen LogP contribution in [0.5, 0.6) is 0 Å². The largest absolute Gasteiger partial charge is 0.340 e. The topological polar surface area (TPSA) is 49.4 Å². The maximum atomic E-state index is 13.3. The molecule has 0 unspecified atom stereocenters. The summed E-state index contributed by atoms with van der Waals surface area (Å²) < 4.78 is 39.6. The van der Waals surface area contributed by atoms with Gasteiger partial charge in [0.2, 0.25) is 5.91 Å². The van der Waals surface area contributed by atoms with Gasteiger partial charge in [-0.05, 0) is 12.8 Å². The second-order valence-corrected chi connectivity index (χ2v) is 4.95. The Kier molecular flexibility index (Phi) is 3.93. The number of halogens is 3. The van der Waals surface area contributed by atoms with Crippen LogP contribution in [0.1, 0.15) is 26.7 Å². The summed E-state index contributed by atoms with van der Waals surface area (Å²) in [4.78, 5) is 25.3. The number of anilines is 1. The monoisotopic (exact) mass is 300 g/mol. The molecule has 1 aromatic rings. The van der Waals surface area contributed by atoms with Crippen molar-refractivity contribution in [3.63, 3.8) is 0 Å². The minimum absolute atomic E-state index is 0.169. The summed E-state index contributed by atoms with van der Waals surface area (Å²) in [6, 6.07) is 1.43. The van der Waals surface area contributed by atoms with E-state index in [0.717, 1.165) is 4.90 Å². The molecule has 4 nitrogen and oxygen atoms in total. The first-order chi connectivity index (χ1) is 9.84. The van der Waals surface area contributed by atoms with Crippen LogP contribution in [0, 0.1) is 17.5 Å². The zero-order chi connectivity index (χ0) is 15.8. The first-order valence-electron chi connectivity index (χ1n) is 6.62. The van der Waals surface area contributed by atoms with Gasteiger partial charge in [0.1, 0.15) is 12.1 Å². The summed E-state index contributed by atoms with van der Waals surface area (Å²) in [7, 11) is 0. The van der Waals surface area contributed by atoms with Crippen LogP contribution < -0.4 is 10.2 Å². The van der Waals surface area contributed by atoms with Crippen molar-refractivity contribution in [2.24, 2.45) is 0 Å². The van der Waals surface area contributed by atoms with Gasteiger partial charge >= 0.3 is 0 Å². The van der Waals surface area contributed by atoms with E-state index in [1.807, 2.05) is 0 Å². The molecule has 0 bridgehead atoms. The molecule has 1 heterocycles. The summed E-state index contributed by atoms with van der Waals surface area (Å²) in [5.74, 6) is -5.30. The van der Waals surface area contributed by atoms with E-state index < -0.39 is 34.8 Å². The van der Waals surface area contributed by atoms with Crippen LogP contribution in [0.15, 0.2) is 12.1 Å². The summed E-state index contributed by atoms with van der Waals surface area (Å²) in [5, 5.41) is 2.63. The molecule has 7 heteroatoms. The van der Waals surface area contributed by atoms with Crippen molar-refractivity contribution in [3.05, 3.63) is 29.6 Å². The highest BCUT2D eigenvalue weighted by atomic mass is 19.2. The predicted octanol–water partition coefficient (Wildman–Crippen LogP) is 2.13. The van der Waals surface area contributed by atoms with Gasteiger partial charge in [0, 0.05) is 12.1 Å². The van der Waals surface area contributed by atoms with E-state index in [0.29, 0.717) is 25.0 Å². The smallest absolute Gasteiger partial charge is 0.253 e. The number of nitrogens with zero attached hydrogens (tertiary/aromatic N) is 1. The van der Waals surface area contributed by atoms with E-state index in [1.54, 1.807) is 13.8 Å². The second kappa shape index (κ2) is 5.38. The molecule has 1 saturated heterocycles. The molecule has 1 N–H and O–H groups in total. The fraction of sp³-hybridized carbons (Fsp3) is 0.429. The SMILES string of the molecule is CCC1(CC)NC(=O)CN(c2cc(F)c(F)c(F)c2)C1=O. The highest BCUT2D eigenvalue weighted by Gasteiger charge is 2.44. The normalized spacial score (nSPS) is 17.9. The molecule has 21 heavy (non-hydrogen) atoms. The molecular weight excluding hydrogens is 285 g/mol. The van der Waals surface area contributed by atoms with Crippen LogP contribution in [-0.2, 0) is 9.59 Å². The summed E-state index contributed by atoms with van der Waals surface area (Å²) in [6.45, 7) is 3.11. The number of amides is 2. The molecule has 2 amide bonds. The lowest BCUT2D eigenvalue weighted by Gasteiger charge is -2.41. The summed E-state index contributed by atoms with van der Waals surface area (Å²) in [5.41, 5.74) is -1.27. The Morgan fingerprint density at radius 1 is 1.14 bits per heavy atom. The van der Waals surface area contributed by atoms with Crippen LogP contribution in [-0.4, -0.2) is 23.9 Å². The van der Waals surface area contributed by atoms with Gasteiger partial charge in [0.15, 0.2) is 17.5 Å². The fourth-order valence-corrected chi connectivity index (χ4v) is 2.47. The number of carbonyl (C=O) groups is 2. The van der Waals surface area contributed by atoms with Crippen molar-refractivity contribution in [2.75, 3.05) is 11.4 Å². The maximum Gasteiger partial charge on any atom is 0.253 e. The van der Waals surface area contributed by atoms with Gasteiger partial charge in [-0.15, -0.1) is 0 Å². The molecule has 0 radical (unpaired) electrons. The quantitative estimate of drug-likeness (QED) is 0.869. The Balaban J connectivity index is 2.48. The highest BCUT2D eigenvalue weighted by molar-refractivity contribution is 6.09. The zero-order valence-corrected chi connectivity index (χ0v) is 11.7. The van der Waals surface area contributed by atoms with Gasteiger partial charge < -0.3 is 10.2 Å². The van der Waals surface area contributed by atoms with E-state index in [1.165, 1.54) is 0 Å². The summed E-state index contributed by atoms with van der Waals surface area (Å²) in [6.07, 6.45) is 0.688. The zero-order valence-electron chi connectivity index (χ0n) is 11.7. The molecule has 2 rings (SSSR count). The number of rotatable bonds is 3. The number of carbonyl (C=O) groups excluding carboxylic acids is 2. The van der Waals surface area contributed by atoms with Crippen LogP contribution in [0.25, 0.3) is 0 Å². The first kappa shape index (κ1) is 15.3. The van der Waals surface area contributed by atoms with Crippen LogP contribution >= 0.6 is 0 Å². The minimum atomic E-state index is -1.61. The third kappa shape index (κ3) is 2.48. The highest BCUT2D eigenvalue weighted by Crippen LogP contribution is 2.28. The lowest BCUT2D eigenvalue weighted by molar-refractivity contribution is -0.136. The third-order valence-electron chi connectivity index (χ3n) is 3.82. The van der Waals surface area contributed by atoms with E-state index in [9.17, 15) is 22.8 Å². The van der Waals surface area contributed by atoms with Crippen molar-refractivity contribution in [1.82, 2.24) is 5.32 Å². The average Bonchev–Trinajstić information content (AvgIpc) is 2.46. The lowest BCUT2D eigenvalue weighted by Crippen LogP contribution is -2.66. The number of benzene rings is 1.